The first-order valence-corrected chi connectivity index (χ1v) is 23.3. The molecule has 0 aromatic heterocycles. The van der Waals surface area contributed by atoms with Gasteiger partial charge in [0.25, 0.3) is 0 Å². The van der Waals surface area contributed by atoms with Crippen LogP contribution in [0.3, 0.4) is 0 Å². The molecule has 2 aromatic carbocycles. The van der Waals surface area contributed by atoms with Crippen LogP contribution in [-0.4, -0.2) is 83.9 Å². The van der Waals surface area contributed by atoms with E-state index in [9.17, 15) is 33.9 Å². The Morgan fingerprint density at radius 2 is 1.50 bits per heavy atom. The molecule has 350 valence electrons. The molecule has 3 aliphatic carbocycles. The zero-order valence-electron chi connectivity index (χ0n) is 38.9. The number of carbonyl (C=O) groups is 6. The van der Waals surface area contributed by atoms with Crippen molar-refractivity contribution in [1.29, 1.82) is 0 Å². The molecule has 3 saturated carbocycles. The number of aliphatic hydroxyl groups is 1. The number of benzene rings is 2. The zero-order chi connectivity index (χ0) is 46.9. The van der Waals surface area contributed by atoms with E-state index in [1.807, 2.05) is 19.1 Å². The average molecular weight is 887 g/mol. The van der Waals surface area contributed by atoms with Gasteiger partial charge < -0.3 is 41.3 Å². The number of hydrogen-bond donors (Lipinski definition) is 5. The maximum absolute atomic E-state index is 13.7. The Morgan fingerprint density at radius 1 is 0.844 bits per heavy atom. The molecule has 1 saturated heterocycles. The van der Waals surface area contributed by atoms with Crippen molar-refractivity contribution >= 4 is 42.4 Å². The van der Waals surface area contributed by atoms with Crippen molar-refractivity contribution in [2.45, 2.75) is 161 Å². The first-order valence-electron chi connectivity index (χ1n) is 23.3. The highest BCUT2D eigenvalue weighted by Crippen LogP contribution is 2.66. The van der Waals surface area contributed by atoms with Crippen LogP contribution >= 0.6 is 0 Å². The summed E-state index contributed by atoms with van der Waals surface area (Å²) in [6.45, 7) is 13.8. The van der Waals surface area contributed by atoms with Gasteiger partial charge in [0.1, 0.15) is 11.8 Å². The molecule has 10 atom stereocenters. The van der Waals surface area contributed by atoms with Gasteiger partial charge in [-0.3, -0.25) is 28.8 Å². The summed E-state index contributed by atoms with van der Waals surface area (Å²) in [6.07, 6.45) is 4.08. The number of Topliss-reactive ketones (excluding diaryl/α,β-unsaturated/α-hetero) is 2. The molecule has 4 fully saturated rings. The van der Waals surface area contributed by atoms with E-state index in [1.165, 1.54) is 19.4 Å². The fraction of sp³-hybridized carbons (Fsp3) is 0.633. The van der Waals surface area contributed by atoms with Crippen molar-refractivity contribution in [2.75, 3.05) is 6.54 Å². The second-order valence-electron chi connectivity index (χ2n) is 19.5. The van der Waals surface area contributed by atoms with Gasteiger partial charge in [-0.25, -0.2) is 0 Å². The molecule has 1 heterocycles. The van der Waals surface area contributed by atoms with Gasteiger partial charge in [0.15, 0.2) is 11.6 Å². The Hall–Kier alpha value is -4.44. The summed E-state index contributed by atoms with van der Waals surface area (Å²) in [6, 6.07) is 12.8. The second kappa shape index (κ2) is 22.2. The van der Waals surface area contributed by atoms with Crippen molar-refractivity contribution in [3.8, 4) is 16.9 Å². The van der Waals surface area contributed by atoms with Gasteiger partial charge >= 0.3 is 13.1 Å². The fourth-order valence-corrected chi connectivity index (χ4v) is 9.92. The first kappa shape index (κ1) is 50.6. The Labute approximate surface area is 379 Å². The van der Waals surface area contributed by atoms with Crippen molar-refractivity contribution in [3.05, 3.63) is 54.1 Å². The number of carbonyl (C=O) groups excluding carboxylic acids is 6. The van der Waals surface area contributed by atoms with Gasteiger partial charge in [0.05, 0.1) is 36.7 Å². The number of esters is 1. The maximum Gasteiger partial charge on any atom is 0.461 e. The van der Waals surface area contributed by atoms with E-state index < -0.39 is 90.8 Å². The van der Waals surface area contributed by atoms with Gasteiger partial charge in [-0.1, -0.05) is 83.9 Å². The monoisotopic (exact) mass is 887 g/mol. The number of hydrogen-bond acceptors (Lipinski definition) is 11. The Balaban J connectivity index is 1.14. The van der Waals surface area contributed by atoms with E-state index in [-0.39, 0.29) is 36.6 Å². The van der Waals surface area contributed by atoms with E-state index in [0.717, 1.165) is 43.2 Å². The predicted octanol–water partition coefficient (Wildman–Crippen LogP) is 5.64. The average Bonchev–Trinajstić information content (AvgIpc) is 3.62. The molecule has 1 aliphatic heterocycles. The highest BCUT2D eigenvalue weighted by Gasteiger charge is 2.68. The van der Waals surface area contributed by atoms with E-state index >= 15 is 0 Å². The molecule has 0 spiro atoms. The van der Waals surface area contributed by atoms with E-state index in [0.29, 0.717) is 37.0 Å². The summed E-state index contributed by atoms with van der Waals surface area (Å²) < 4.78 is 18.5. The minimum atomic E-state index is -1.40. The van der Waals surface area contributed by atoms with Crippen molar-refractivity contribution in [1.82, 2.24) is 10.6 Å². The minimum Gasteiger partial charge on any atom is -0.427 e. The third kappa shape index (κ3) is 12.5. The summed E-state index contributed by atoms with van der Waals surface area (Å²) in [4.78, 5) is 79.7. The molecule has 15 heteroatoms. The molecule has 6 rings (SSSR count). The van der Waals surface area contributed by atoms with Crippen molar-refractivity contribution in [2.24, 2.45) is 40.6 Å². The summed E-state index contributed by atoms with van der Waals surface area (Å²) in [5.41, 5.74) is 14.2. The summed E-state index contributed by atoms with van der Waals surface area (Å²) >= 11 is 0. The topological polar surface area (TPSA) is 226 Å². The van der Waals surface area contributed by atoms with E-state index in [1.54, 1.807) is 12.1 Å². The third-order valence-corrected chi connectivity index (χ3v) is 14.1. The van der Waals surface area contributed by atoms with Crippen LogP contribution in [0, 0.1) is 29.1 Å². The lowest BCUT2D eigenvalue weighted by Gasteiger charge is -2.64. The van der Waals surface area contributed by atoms with Crippen LogP contribution < -0.4 is 26.8 Å². The van der Waals surface area contributed by atoms with Gasteiger partial charge in [-0.2, -0.15) is 0 Å². The number of amides is 3. The third-order valence-electron chi connectivity index (χ3n) is 14.1. The number of ether oxygens (including phenoxy) is 1. The summed E-state index contributed by atoms with van der Waals surface area (Å²) in [5, 5.41) is 15.9. The largest absolute Gasteiger partial charge is 0.461 e. The molecular weight excluding hydrogens is 815 g/mol. The molecular formula is C49H71BN4O10. The summed E-state index contributed by atoms with van der Waals surface area (Å²) in [5.74, 6) is -4.88. The highest BCUT2D eigenvalue weighted by molar-refractivity contribution is 6.47. The van der Waals surface area contributed by atoms with Crippen LogP contribution in [0.5, 0.6) is 5.75 Å². The molecule has 2 bridgehead atoms. The first-order chi connectivity index (χ1) is 30.3. The summed E-state index contributed by atoms with van der Waals surface area (Å²) in [7, 11) is -0.629. The van der Waals surface area contributed by atoms with E-state index in [2.05, 4.69) is 62.6 Å². The number of nitrogens with one attached hydrogen (secondary N) is 2. The second-order valence-corrected chi connectivity index (χ2v) is 19.5. The standard InChI is InChI=1S/C49H71BN4O10/c1-8-9-12-32-14-16-33(17-15-32)34-18-20-37(21-19-34)62-44(59)25-35(13-10-11-22-51)47(61)54-45(31(4)55)40(57)23-29(2)46(60)53-38(28-43(52)58)39(56)24-30(3)50-63-42-27-36-26-41(48(36,5)6)49(42,7)64-50/h14-21,29-31,35-36,38,41-42,45,55H,8-13,22-28,51H2,1-7H3,(H2,52,58)(H,53,60)(H,54,61)/t29-,30-,31-,35-,36+,38+,41+,42?,45+,49+/m1/s1. The number of ketones is 2. The van der Waals surface area contributed by atoms with Crippen LogP contribution in [0.2, 0.25) is 5.82 Å². The highest BCUT2D eigenvalue weighted by atomic mass is 16.7. The molecule has 4 aliphatic rings. The van der Waals surface area contributed by atoms with Crippen LogP contribution in [0.25, 0.3) is 11.1 Å². The lowest BCUT2D eigenvalue weighted by molar-refractivity contribution is -0.199. The number of nitrogens with two attached hydrogens (primary N) is 2. The number of aliphatic hydroxyl groups excluding tert-OH is 1. The quantitative estimate of drug-likeness (QED) is 0.0355. The van der Waals surface area contributed by atoms with Gasteiger partial charge in [0.2, 0.25) is 17.7 Å². The van der Waals surface area contributed by atoms with Gasteiger partial charge in [-0.15, -0.1) is 0 Å². The van der Waals surface area contributed by atoms with Gasteiger partial charge in [-0.05, 0) is 111 Å². The Bertz CT molecular complexity index is 1960. The normalized spacial score (nSPS) is 23.6. The SMILES string of the molecule is CCCCc1ccc(-c2ccc(OC(=O)C[C@@H](CCCCN)C(=O)N[C@H](C(=O)C[C@@H](C)C(=O)N[C@@H](CC(N)=O)C(=O)C[C@@H](C)B3OC4C[C@@H]5C[C@@H](C5(C)C)[C@]4(C)O3)[C@@H](C)O)cc2)cc1. The molecule has 1 unspecified atom stereocenters. The fourth-order valence-electron chi connectivity index (χ4n) is 9.92. The van der Waals surface area contributed by atoms with Crippen LogP contribution in [-0.2, 0) is 44.5 Å². The smallest absolute Gasteiger partial charge is 0.427 e. The Morgan fingerprint density at radius 3 is 2.09 bits per heavy atom. The number of rotatable bonds is 25. The van der Waals surface area contributed by atoms with Gasteiger partial charge in [0, 0.05) is 24.7 Å². The molecule has 0 radical (unpaired) electrons. The molecule has 64 heavy (non-hydrogen) atoms. The van der Waals surface area contributed by atoms with Crippen LogP contribution in [0.1, 0.15) is 125 Å². The lowest BCUT2D eigenvalue weighted by atomic mass is 9.43. The number of primary amides is 1. The molecule has 14 nitrogen and oxygen atoms in total. The predicted molar refractivity (Wildman–Crippen MR) is 244 cm³/mol. The molecule has 2 aromatic rings. The molecule has 7 N–H and O–H groups in total. The lowest BCUT2D eigenvalue weighted by Crippen LogP contribution is -2.65. The minimum absolute atomic E-state index is 0.0485. The van der Waals surface area contributed by atoms with Crippen molar-refractivity contribution in [3.63, 3.8) is 0 Å². The number of aryl methyl sites for hydroxylation is 1. The Kier molecular flexibility index (Phi) is 17.5. The van der Waals surface area contributed by atoms with E-state index in [4.69, 9.17) is 25.5 Å². The van der Waals surface area contributed by atoms with Crippen LogP contribution in [0.15, 0.2) is 48.5 Å². The maximum atomic E-state index is 13.7. The molecule has 3 amide bonds. The van der Waals surface area contributed by atoms with Crippen LogP contribution in [0.4, 0.5) is 0 Å². The zero-order valence-corrected chi connectivity index (χ0v) is 38.9. The van der Waals surface area contributed by atoms with Crippen molar-refractivity contribution < 1.29 is 47.9 Å². The number of unbranched alkanes of at least 4 members (excludes halogenated alkanes) is 2.